The van der Waals surface area contributed by atoms with Gasteiger partial charge in [-0.2, -0.15) is 0 Å². The van der Waals surface area contributed by atoms with Crippen LogP contribution in [0.2, 0.25) is 0 Å². The van der Waals surface area contributed by atoms with Gasteiger partial charge in [0.1, 0.15) is 18.0 Å². The Bertz CT molecular complexity index is 905. The van der Waals surface area contributed by atoms with Gasteiger partial charge in [-0.25, -0.2) is 15.0 Å². The van der Waals surface area contributed by atoms with Crippen molar-refractivity contribution in [3.8, 4) is 5.82 Å². The summed E-state index contributed by atoms with van der Waals surface area (Å²) in [7, 11) is 1.83. The molecule has 1 aliphatic rings. The number of hydrogen-bond donors (Lipinski definition) is 1. The van der Waals surface area contributed by atoms with Crippen LogP contribution in [0.25, 0.3) is 5.82 Å². The fourth-order valence-electron chi connectivity index (χ4n) is 3.38. The van der Waals surface area contributed by atoms with Crippen LogP contribution in [-0.2, 0) is 6.54 Å². The Morgan fingerprint density at radius 2 is 1.86 bits per heavy atom. The van der Waals surface area contributed by atoms with Gasteiger partial charge in [0.25, 0.3) is 0 Å². The molecule has 0 spiro atoms. The number of imidazole rings is 1. The zero-order valence-corrected chi connectivity index (χ0v) is 18.7. The number of halogens is 1. The highest BCUT2D eigenvalue weighted by atomic mass is 127. The Labute approximate surface area is 187 Å². The molecule has 3 aromatic rings. The fourth-order valence-corrected chi connectivity index (χ4v) is 3.38. The molecule has 0 unspecified atom stereocenters. The van der Waals surface area contributed by atoms with Gasteiger partial charge in [-0.05, 0) is 18.2 Å². The quantitative estimate of drug-likeness (QED) is 0.334. The molecule has 8 nitrogen and oxygen atoms in total. The molecule has 0 amide bonds. The first-order chi connectivity index (χ1) is 13.8. The summed E-state index contributed by atoms with van der Waals surface area (Å²) in [6.07, 6.45) is 9.05. The molecule has 0 aromatic carbocycles. The van der Waals surface area contributed by atoms with Crippen LogP contribution in [0.3, 0.4) is 0 Å². The van der Waals surface area contributed by atoms with E-state index in [0.717, 1.165) is 49.3 Å². The Morgan fingerprint density at radius 3 is 2.55 bits per heavy atom. The molecule has 0 aliphatic carbocycles. The molecule has 152 valence electrons. The van der Waals surface area contributed by atoms with Gasteiger partial charge in [-0.15, -0.1) is 24.0 Å². The molecule has 1 saturated heterocycles. The molecule has 3 aromatic heterocycles. The maximum absolute atomic E-state index is 4.50. The summed E-state index contributed by atoms with van der Waals surface area (Å²) in [6, 6.07) is 10.1. The predicted molar refractivity (Wildman–Crippen MR) is 125 cm³/mol. The van der Waals surface area contributed by atoms with Crippen LogP contribution in [0.15, 0.2) is 66.4 Å². The van der Waals surface area contributed by atoms with Gasteiger partial charge in [0.2, 0.25) is 0 Å². The number of aromatic nitrogens is 4. The van der Waals surface area contributed by atoms with E-state index in [1.165, 1.54) is 0 Å². The highest BCUT2D eigenvalue weighted by molar-refractivity contribution is 14.0. The van der Waals surface area contributed by atoms with E-state index in [4.69, 9.17) is 0 Å². The molecular weight excluding hydrogens is 479 g/mol. The summed E-state index contributed by atoms with van der Waals surface area (Å²) < 4.78 is 1.92. The number of piperazine rings is 1. The van der Waals surface area contributed by atoms with Gasteiger partial charge in [-0.1, -0.05) is 12.1 Å². The van der Waals surface area contributed by atoms with Crippen molar-refractivity contribution in [3.05, 3.63) is 67.0 Å². The third-order valence-electron chi connectivity index (χ3n) is 4.82. The number of guanidine groups is 1. The van der Waals surface area contributed by atoms with Gasteiger partial charge >= 0.3 is 0 Å². The molecule has 1 aliphatic heterocycles. The third-order valence-corrected chi connectivity index (χ3v) is 4.82. The van der Waals surface area contributed by atoms with Crippen molar-refractivity contribution >= 4 is 35.8 Å². The predicted octanol–water partition coefficient (Wildman–Crippen LogP) is 2.18. The SMILES string of the molecule is CN=C(NCc1cccnc1-n1ccnc1)N1CCN(c2ccccn2)CC1.I. The van der Waals surface area contributed by atoms with E-state index in [0.29, 0.717) is 6.54 Å². The molecule has 29 heavy (non-hydrogen) atoms. The summed E-state index contributed by atoms with van der Waals surface area (Å²) in [5.41, 5.74) is 1.09. The number of hydrogen-bond acceptors (Lipinski definition) is 5. The average Bonchev–Trinajstić information content (AvgIpc) is 3.30. The van der Waals surface area contributed by atoms with Crippen molar-refractivity contribution in [1.82, 2.24) is 29.7 Å². The highest BCUT2D eigenvalue weighted by Crippen LogP contribution is 2.14. The van der Waals surface area contributed by atoms with Crippen LogP contribution in [0.1, 0.15) is 5.56 Å². The van der Waals surface area contributed by atoms with Gasteiger partial charge in [0, 0.05) is 70.1 Å². The molecule has 1 fully saturated rings. The molecule has 9 heteroatoms. The summed E-state index contributed by atoms with van der Waals surface area (Å²) in [5, 5.41) is 3.48. The summed E-state index contributed by atoms with van der Waals surface area (Å²) in [4.78, 5) is 22.1. The molecular formula is C20H25IN8. The van der Waals surface area contributed by atoms with Crippen LogP contribution in [0.4, 0.5) is 5.82 Å². The number of anilines is 1. The summed E-state index contributed by atoms with van der Waals surface area (Å²) in [5.74, 6) is 2.81. The molecule has 0 bridgehead atoms. The third kappa shape index (κ3) is 5.03. The molecule has 1 N–H and O–H groups in total. The standard InChI is InChI=1S/C20H24N8.HI/c1-21-20(27-13-11-26(12-14-27)18-6-2-3-7-23-18)25-15-17-5-4-8-24-19(17)28-10-9-22-16-28;/h2-10,16H,11-15H2,1H3,(H,21,25);1H. The number of nitrogens with one attached hydrogen (secondary N) is 1. The van der Waals surface area contributed by atoms with Crippen molar-refractivity contribution in [2.75, 3.05) is 38.1 Å². The van der Waals surface area contributed by atoms with E-state index < -0.39 is 0 Å². The molecule has 4 rings (SSSR count). The molecule has 0 saturated carbocycles. The van der Waals surface area contributed by atoms with Gasteiger partial charge < -0.3 is 15.1 Å². The van der Waals surface area contributed by atoms with Crippen molar-refractivity contribution < 1.29 is 0 Å². The van der Waals surface area contributed by atoms with E-state index in [1.807, 2.05) is 42.2 Å². The summed E-state index contributed by atoms with van der Waals surface area (Å²) >= 11 is 0. The second kappa shape index (κ2) is 10.2. The van der Waals surface area contributed by atoms with Crippen LogP contribution >= 0.6 is 24.0 Å². The maximum atomic E-state index is 4.50. The number of nitrogens with zero attached hydrogens (tertiary/aromatic N) is 7. The van der Waals surface area contributed by atoms with Crippen molar-refractivity contribution in [2.24, 2.45) is 4.99 Å². The van der Waals surface area contributed by atoms with Crippen LogP contribution in [-0.4, -0.2) is 63.6 Å². The lowest BCUT2D eigenvalue weighted by molar-refractivity contribution is 0.371. The molecule has 4 heterocycles. The van der Waals surface area contributed by atoms with Crippen LogP contribution in [0.5, 0.6) is 0 Å². The lowest BCUT2D eigenvalue weighted by Crippen LogP contribution is -2.52. The monoisotopic (exact) mass is 504 g/mol. The Hall–Kier alpha value is -2.69. The van der Waals surface area contributed by atoms with Crippen molar-refractivity contribution in [2.45, 2.75) is 6.54 Å². The molecule has 0 atom stereocenters. The Morgan fingerprint density at radius 1 is 1.03 bits per heavy atom. The topological polar surface area (TPSA) is 74.5 Å². The number of rotatable bonds is 4. The highest BCUT2D eigenvalue weighted by Gasteiger charge is 2.20. The van der Waals surface area contributed by atoms with Gasteiger partial charge in [0.05, 0.1) is 0 Å². The van der Waals surface area contributed by atoms with Gasteiger partial charge in [-0.3, -0.25) is 9.56 Å². The van der Waals surface area contributed by atoms with Crippen LogP contribution < -0.4 is 10.2 Å². The Balaban J connectivity index is 0.00000240. The lowest BCUT2D eigenvalue weighted by atomic mass is 10.2. The zero-order chi connectivity index (χ0) is 19.2. The fraction of sp³-hybridized carbons (Fsp3) is 0.300. The summed E-state index contributed by atoms with van der Waals surface area (Å²) in [6.45, 7) is 4.29. The first-order valence-corrected chi connectivity index (χ1v) is 9.39. The lowest BCUT2D eigenvalue weighted by Gasteiger charge is -2.37. The smallest absolute Gasteiger partial charge is 0.194 e. The first-order valence-electron chi connectivity index (χ1n) is 9.39. The van der Waals surface area contributed by atoms with E-state index in [2.05, 4.69) is 47.2 Å². The zero-order valence-electron chi connectivity index (χ0n) is 16.3. The van der Waals surface area contributed by atoms with E-state index in [1.54, 1.807) is 18.7 Å². The maximum Gasteiger partial charge on any atom is 0.194 e. The van der Waals surface area contributed by atoms with E-state index >= 15 is 0 Å². The largest absolute Gasteiger partial charge is 0.353 e. The van der Waals surface area contributed by atoms with Gasteiger partial charge in [0.15, 0.2) is 5.96 Å². The van der Waals surface area contributed by atoms with Crippen molar-refractivity contribution in [3.63, 3.8) is 0 Å². The van der Waals surface area contributed by atoms with Crippen LogP contribution in [0, 0.1) is 0 Å². The average molecular weight is 504 g/mol. The first kappa shape index (κ1) is 21.0. The number of pyridine rings is 2. The Kier molecular flexibility index (Phi) is 7.39. The van der Waals surface area contributed by atoms with E-state index in [-0.39, 0.29) is 24.0 Å². The minimum atomic E-state index is 0. The second-order valence-electron chi connectivity index (χ2n) is 6.52. The second-order valence-corrected chi connectivity index (χ2v) is 6.52. The van der Waals surface area contributed by atoms with Crippen molar-refractivity contribution in [1.29, 1.82) is 0 Å². The normalized spacial score (nSPS) is 14.4. The minimum Gasteiger partial charge on any atom is -0.353 e. The molecule has 0 radical (unpaired) electrons. The minimum absolute atomic E-state index is 0. The number of aliphatic imine (C=N–C) groups is 1. The van der Waals surface area contributed by atoms with E-state index in [9.17, 15) is 0 Å².